The summed E-state index contributed by atoms with van der Waals surface area (Å²) in [6.45, 7) is 6.99. The van der Waals surface area contributed by atoms with E-state index < -0.39 is 8.07 Å². The highest BCUT2D eigenvalue weighted by Crippen LogP contribution is 2.34. The van der Waals surface area contributed by atoms with Gasteiger partial charge in [0.05, 0.1) is 8.07 Å². The SMILES string of the molecule is C[Si](C)(C)C(Br)=C=C1c2ccccc2C=Cc2ccccc21. The van der Waals surface area contributed by atoms with Crippen LogP contribution in [0.2, 0.25) is 19.6 Å². The van der Waals surface area contributed by atoms with Crippen molar-refractivity contribution in [1.82, 2.24) is 0 Å². The van der Waals surface area contributed by atoms with E-state index >= 15 is 0 Å². The van der Waals surface area contributed by atoms with Gasteiger partial charge in [0.1, 0.15) is 0 Å². The lowest BCUT2D eigenvalue weighted by atomic mass is 9.94. The van der Waals surface area contributed by atoms with Crippen molar-refractivity contribution in [3.63, 3.8) is 0 Å². The Morgan fingerprint density at radius 1 is 0.818 bits per heavy atom. The van der Waals surface area contributed by atoms with E-state index in [0.717, 1.165) is 0 Å². The molecule has 0 bridgehead atoms. The van der Waals surface area contributed by atoms with Gasteiger partial charge >= 0.3 is 0 Å². The highest BCUT2D eigenvalue weighted by molar-refractivity contribution is 9.12. The summed E-state index contributed by atoms with van der Waals surface area (Å²) in [5, 5.41) is 0. The minimum Gasteiger partial charge on any atom is -0.105 e. The largest absolute Gasteiger partial charge is 0.105 e. The summed E-state index contributed by atoms with van der Waals surface area (Å²) in [7, 11) is -1.42. The Balaban J connectivity index is 2.39. The lowest BCUT2D eigenvalue weighted by molar-refractivity contribution is 1.53. The first-order chi connectivity index (χ1) is 10.5. The Kier molecular flexibility index (Phi) is 4.09. The predicted molar refractivity (Wildman–Crippen MR) is 104 cm³/mol. The van der Waals surface area contributed by atoms with Gasteiger partial charge in [0.25, 0.3) is 0 Å². The third-order valence-corrected chi connectivity index (χ3v) is 9.00. The van der Waals surface area contributed by atoms with Gasteiger partial charge in [-0.25, -0.2) is 0 Å². The van der Waals surface area contributed by atoms with Gasteiger partial charge in [-0.15, -0.1) is 5.73 Å². The zero-order chi connectivity index (χ0) is 15.7. The lowest BCUT2D eigenvalue weighted by Crippen LogP contribution is -2.19. The zero-order valence-electron chi connectivity index (χ0n) is 13.2. The van der Waals surface area contributed by atoms with Crippen LogP contribution >= 0.6 is 15.9 Å². The maximum Gasteiger partial charge on any atom is 0.0966 e. The van der Waals surface area contributed by atoms with Gasteiger partial charge in [0, 0.05) is 9.68 Å². The first kappa shape index (κ1) is 15.3. The van der Waals surface area contributed by atoms with Gasteiger partial charge in [-0.2, -0.15) is 0 Å². The molecule has 1 aliphatic carbocycles. The second-order valence-corrected chi connectivity index (χ2v) is 13.1. The van der Waals surface area contributed by atoms with Crippen molar-refractivity contribution in [3.05, 3.63) is 80.6 Å². The Morgan fingerprint density at radius 3 is 1.73 bits per heavy atom. The number of benzene rings is 2. The number of fused-ring (bicyclic) bond motifs is 2. The molecule has 0 radical (unpaired) electrons. The molecule has 0 nitrogen and oxygen atoms in total. The molecule has 0 aliphatic heterocycles. The lowest BCUT2D eigenvalue weighted by Gasteiger charge is -2.14. The number of hydrogen-bond donors (Lipinski definition) is 0. The Hall–Kier alpha value is -1.60. The minimum atomic E-state index is -1.42. The first-order valence-corrected chi connectivity index (χ1v) is 11.8. The molecule has 0 saturated heterocycles. The van der Waals surface area contributed by atoms with Crippen molar-refractivity contribution in [2.75, 3.05) is 0 Å². The van der Waals surface area contributed by atoms with Crippen molar-refractivity contribution in [2.24, 2.45) is 0 Å². The van der Waals surface area contributed by atoms with E-state index in [1.54, 1.807) is 0 Å². The van der Waals surface area contributed by atoms with Crippen molar-refractivity contribution in [1.29, 1.82) is 0 Å². The summed E-state index contributed by atoms with van der Waals surface area (Å²) in [6.07, 6.45) is 4.40. The van der Waals surface area contributed by atoms with Crippen LogP contribution in [0.3, 0.4) is 0 Å². The normalized spacial score (nSPS) is 13.0. The molecule has 0 spiro atoms. The van der Waals surface area contributed by atoms with Crippen LogP contribution in [0.15, 0.2) is 58.4 Å². The molecule has 0 atom stereocenters. The maximum absolute atomic E-state index is 3.79. The molecule has 0 N–H and O–H groups in total. The van der Waals surface area contributed by atoms with Crippen molar-refractivity contribution >= 4 is 41.7 Å². The van der Waals surface area contributed by atoms with E-state index in [2.05, 4.69) is 102 Å². The van der Waals surface area contributed by atoms with Crippen LogP contribution in [-0.4, -0.2) is 8.07 Å². The molecule has 22 heavy (non-hydrogen) atoms. The summed E-state index contributed by atoms with van der Waals surface area (Å²) in [4.78, 5) is 0. The second-order valence-electron chi connectivity index (χ2n) is 6.57. The third-order valence-electron chi connectivity index (χ3n) is 3.80. The van der Waals surface area contributed by atoms with Crippen LogP contribution < -0.4 is 0 Å². The van der Waals surface area contributed by atoms with Gasteiger partial charge in [-0.1, -0.05) is 96.3 Å². The average Bonchev–Trinajstić information content (AvgIpc) is 2.65. The zero-order valence-corrected chi connectivity index (χ0v) is 15.7. The van der Waals surface area contributed by atoms with Gasteiger partial charge in [0.2, 0.25) is 0 Å². The van der Waals surface area contributed by atoms with E-state index in [1.165, 1.54) is 31.9 Å². The topological polar surface area (TPSA) is 0 Å². The van der Waals surface area contributed by atoms with Crippen LogP contribution in [0.4, 0.5) is 0 Å². The average molecular weight is 367 g/mol. The van der Waals surface area contributed by atoms with Crippen molar-refractivity contribution < 1.29 is 0 Å². The van der Waals surface area contributed by atoms with Crippen molar-refractivity contribution in [3.8, 4) is 0 Å². The molecule has 0 aromatic heterocycles. The Labute approximate surface area is 142 Å². The summed E-state index contributed by atoms with van der Waals surface area (Å²) < 4.78 is 1.22. The molecule has 0 fully saturated rings. The quantitative estimate of drug-likeness (QED) is 0.347. The minimum absolute atomic E-state index is 1.19. The summed E-state index contributed by atoms with van der Waals surface area (Å²) in [5.74, 6) is 0. The molecule has 0 heterocycles. The summed E-state index contributed by atoms with van der Waals surface area (Å²) in [6, 6.07) is 17.1. The molecule has 0 unspecified atom stereocenters. The van der Waals surface area contributed by atoms with Crippen molar-refractivity contribution in [2.45, 2.75) is 19.6 Å². The molecule has 3 rings (SSSR count). The molecule has 2 heteroatoms. The maximum atomic E-state index is 3.79. The van der Waals surface area contributed by atoms with Gasteiger partial charge < -0.3 is 0 Å². The van der Waals surface area contributed by atoms with Gasteiger partial charge in [-0.3, -0.25) is 0 Å². The fraction of sp³-hybridized carbons (Fsp3) is 0.150. The molecular formula is C20H19BrSi. The standard InChI is InChI=1S/C20H19BrSi/c1-22(2,3)20(21)14-19-17-10-6-4-8-15(17)12-13-16-9-5-7-11-18(16)19/h4-13H,1-3H3. The van der Waals surface area contributed by atoms with Crippen LogP contribution in [0.1, 0.15) is 22.3 Å². The van der Waals surface area contributed by atoms with Crippen LogP contribution in [-0.2, 0) is 0 Å². The second kappa shape index (κ2) is 5.89. The Bertz CT molecular complexity index is 764. The molecular weight excluding hydrogens is 348 g/mol. The highest BCUT2D eigenvalue weighted by Gasteiger charge is 2.19. The molecule has 110 valence electrons. The third kappa shape index (κ3) is 2.96. The molecule has 1 aliphatic rings. The summed E-state index contributed by atoms with van der Waals surface area (Å²) >= 11 is 3.79. The fourth-order valence-electron chi connectivity index (χ4n) is 2.50. The number of hydrogen-bond acceptors (Lipinski definition) is 0. The number of rotatable bonds is 1. The van der Waals surface area contributed by atoms with E-state index in [0.29, 0.717) is 0 Å². The number of halogens is 1. The van der Waals surface area contributed by atoms with Gasteiger partial charge in [0.15, 0.2) is 0 Å². The monoisotopic (exact) mass is 366 g/mol. The van der Waals surface area contributed by atoms with Gasteiger partial charge in [-0.05, 0) is 22.3 Å². The molecule has 0 amide bonds. The van der Waals surface area contributed by atoms with E-state index in [9.17, 15) is 0 Å². The molecule has 2 aromatic carbocycles. The smallest absolute Gasteiger partial charge is 0.0966 e. The Morgan fingerprint density at radius 2 is 1.27 bits per heavy atom. The molecule has 2 aromatic rings. The van der Waals surface area contributed by atoms with E-state index in [4.69, 9.17) is 0 Å². The van der Waals surface area contributed by atoms with E-state index in [-0.39, 0.29) is 0 Å². The molecule has 0 saturated carbocycles. The summed E-state index contributed by atoms with van der Waals surface area (Å²) in [5.41, 5.74) is 9.86. The van der Waals surface area contributed by atoms with Crippen LogP contribution in [0.25, 0.3) is 17.7 Å². The fourth-order valence-corrected chi connectivity index (χ4v) is 3.19. The van der Waals surface area contributed by atoms with Crippen LogP contribution in [0, 0.1) is 0 Å². The van der Waals surface area contributed by atoms with E-state index in [1.807, 2.05) is 0 Å². The predicted octanol–water partition coefficient (Wildman–Crippen LogP) is 6.36. The van der Waals surface area contributed by atoms with Crippen LogP contribution in [0.5, 0.6) is 0 Å². The highest BCUT2D eigenvalue weighted by atomic mass is 79.9. The first-order valence-electron chi connectivity index (χ1n) is 7.50.